The van der Waals surface area contributed by atoms with Crippen molar-refractivity contribution in [2.75, 3.05) is 74.2 Å². The normalized spacial score (nSPS) is 20.6. The summed E-state index contributed by atoms with van der Waals surface area (Å²) in [5.41, 5.74) is 4.27. The number of piperazine rings is 1. The summed E-state index contributed by atoms with van der Waals surface area (Å²) >= 11 is 0. The van der Waals surface area contributed by atoms with E-state index in [1.54, 1.807) is 27.9 Å². The number of amides is 3. The Kier molecular flexibility index (Phi) is 7.89. The molecular formula is C32H38N8O6. The molecule has 46 heavy (non-hydrogen) atoms. The Bertz CT molecular complexity index is 1670. The third kappa shape index (κ3) is 5.68. The van der Waals surface area contributed by atoms with Gasteiger partial charge in [0.1, 0.15) is 12.4 Å². The zero-order chi connectivity index (χ0) is 31.9. The van der Waals surface area contributed by atoms with E-state index in [-0.39, 0.29) is 29.8 Å². The Hall–Kier alpha value is -4.85. The number of nitrogens with zero attached hydrogens (tertiary/aromatic N) is 7. The zero-order valence-corrected chi connectivity index (χ0v) is 26.1. The SMILES string of the molecule is COc1cc(N2CCC(CN3CCN4c5ccc(N6CCC(=O)NC6=O)cc5OC[C@@H]4C3)CC2)c(-c2cnn(C)c2)cc1[N+](=O)[O-]. The van der Waals surface area contributed by atoms with Crippen molar-refractivity contribution in [3.05, 3.63) is 52.8 Å². The van der Waals surface area contributed by atoms with Gasteiger partial charge in [-0.25, -0.2) is 4.79 Å². The van der Waals surface area contributed by atoms with Crippen LogP contribution in [0.1, 0.15) is 19.3 Å². The molecule has 0 saturated carbocycles. The molecule has 4 aliphatic heterocycles. The number of anilines is 3. The number of piperidine rings is 1. The van der Waals surface area contributed by atoms with Crippen LogP contribution in [0.4, 0.5) is 27.5 Å². The summed E-state index contributed by atoms with van der Waals surface area (Å²) in [6.45, 7) is 6.43. The molecule has 3 amide bonds. The lowest BCUT2D eigenvalue weighted by Crippen LogP contribution is -2.58. The first-order chi connectivity index (χ1) is 22.3. The van der Waals surface area contributed by atoms with Gasteiger partial charge in [0.15, 0.2) is 5.75 Å². The molecule has 14 heteroatoms. The maximum Gasteiger partial charge on any atom is 0.328 e. The number of nitrogens with one attached hydrogen (secondary N) is 1. The van der Waals surface area contributed by atoms with Crippen molar-refractivity contribution >= 4 is 34.7 Å². The fraction of sp³-hybridized carbons (Fsp3) is 0.469. The van der Waals surface area contributed by atoms with E-state index >= 15 is 0 Å². The first-order valence-corrected chi connectivity index (χ1v) is 15.7. The van der Waals surface area contributed by atoms with Crippen LogP contribution in [-0.2, 0) is 11.8 Å². The number of fused-ring (bicyclic) bond motifs is 3. The minimum Gasteiger partial charge on any atom is -0.490 e. The van der Waals surface area contributed by atoms with Crippen LogP contribution in [0.5, 0.6) is 11.5 Å². The second-order valence-electron chi connectivity index (χ2n) is 12.5. The minimum absolute atomic E-state index is 0.0546. The molecule has 1 N–H and O–H groups in total. The average molecular weight is 631 g/mol. The monoisotopic (exact) mass is 630 g/mol. The van der Waals surface area contributed by atoms with Crippen LogP contribution >= 0.6 is 0 Å². The highest BCUT2D eigenvalue weighted by Gasteiger charge is 2.35. The Labute approximate surface area is 266 Å². The number of benzene rings is 2. The fourth-order valence-electron chi connectivity index (χ4n) is 7.20. The lowest BCUT2D eigenvalue weighted by molar-refractivity contribution is -0.385. The van der Waals surface area contributed by atoms with Crippen LogP contribution in [-0.4, -0.2) is 97.1 Å². The summed E-state index contributed by atoms with van der Waals surface area (Å²) in [5, 5.41) is 18.5. The van der Waals surface area contributed by atoms with E-state index in [4.69, 9.17) is 9.47 Å². The van der Waals surface area contributed by atoms with E-state index in [9.17, 15) is 19.7 Å². The molecule has 0 aliphatic carbocycles. The van der Waals surface area contributed by atoms with Gasteiger partial charge in [0.05, 0.1) is 30.0 Å². The Morgan fingerprint density at radius 3 is 2.63 bits per heavy atom. The van der Waals surface area contributed by atoms with Crippen LogP contribution < -0.4 is 29.5 Å². The quantitative estimate of drug-likeness (QED) is 0.306. The molecule has 5 heterocycles. The van der Waals surface area contributed by atoms with Gasteiger partial charge in [-0.1, -0.05) is 0 Å². The number of carbonyl (C=O) groups is 2. The lowest BCUT2D eigenvalue weighted by Gasteiger charge is -2.47. The van der Waals surface area contributed by atoms with Gasteiger partial charge in [0.25, 0.3) is 0 Å². The lowest BCUT2D eigenvalue weighted by atomic mass is 9.94. The van der Waals surface area contributed by atoms with E-state index in [1.165, 1.54) is 7.11 Å². The molecule has 1 atom stereocenters. The van der Waals surface area contributed by atoms with Crippen molar-refractivity contribution in [3.63, 3.8) is 0 Å². The van der Waals surface area contributed by atoms with Gasteiger partial charge in [-0.05, 0) is 30.9 Å². The second-order valence-corrected chi connectivity index (χ2v) is 12.5. The number of ether oxygens (including phenoxy) is 2. The van der Waals surface area contributed by atoms with E-state index in [2.05, 4.69) is 25.1 Å². The van der Waals surface area contributed by atoms with Gasteiger partial charge in [-0.2, -0.15) is 5.10 Å². The van der Waals surface area contributed by atoms with Crippen molar-refractivity contribution in [2.24, 2.45) is 13.0 Å². The third-order valence-electron chi connectivity index (χ3n) is 9.60. The number of aromatic nitrogens is 2. The first-order valence-electron chi connectivity index (χ1n) is 15.7. The van der Waals surface area contributed by atoms with Crippen LogP contribution in [0.2, 0.25) is 0 Å². The standard InChI is InChI=1S/C32H38N8O6/c1-35-18-22(16-33-35)25-14-28(40(43)44)29(45-2)15-27(25)37-8-5-21(6-9-37)17-36-11-12-38-24(19-36)20-46-30-13-23(3-4-26(30)38)39-10-7-31(41)34-32(39)42/h3-4,13-16,18,21,24H,5-12,17,19-20H2,1-2H3,(H,34,41,42)/t24-/m0/s1. The van der Waals surface area contributed by atoms with Gasteiger partial charge in [-0.15, -0.1) is 0 Å². The van der Waals surface area contributed by atoms with E-state index < -0.39 is 11.0 Å². The predicted octanol–water partition coefficient (Wildman–Crippen LogP) is 3.25. The van der Waals surface area contributed by atoms with Crippen molar-refractivity contribution in [1.82, 2.24) is 20.0 Å². The molecule has 0 unspecified atom stereocenters. The number of nitro benzene ring substituents is 1. The molecule has 1 aromatic heterocycles. The highest BCUT2D eigenvalue weighted by molar-refractivity contribution is 6.05. The molecule has 0 radical (unpaired) electrons. The number of methoxy groups -OCH3 is 1. The molecule has 3 saturated heterocycles. The molecule has 2 aromatic carbocycles. The maximum absolute atomic E-state index is 12.3. The number of hydrogen-bond acceptors (Lipinski definition) is 10. The second kappa shape index (κ2) is 12.2. The summed E-state index contributed by atoms with van der Waals surface area (Å²) in [6, 6.07) is 9.12. The Morgan fingerprint density at radius 2 is 1.91 bits per heavy atom. The highest BCUT2D eigenvalue weighted by Crippen LogP contribution is 2.42. The molecule has 242 valence electrons. The fourth-order valence-corrected chi connectivity index (χ4v) is 7.20. The highest BCUT2D eigenvalue weighted by atomic mass is 16.6. The van der Waals surface area contributed by atoms with E-state index in [1.807, 2.05) is 31.4 Å². The number of nitro groups is 1. The van der Waals surface area contributed by atoms with E-state index in [0.29, 0.717) is 19.1 Å². The van der Waals surface area contributed by atoms with Crippen LogP contribution in [0, 0.1) is 16.0 Å². The molecule has 3 aromatic rings. The Morgan fingerprint density at radius 1 is 1.09 bits per heavy atom. The topological polar surface area (TPSA) is 139 Å². The summed E-state index contributed by atoms with van der Waals surface area (Å²) < 4.78 is 13.3. The Balaban J connectivity index is 0.982. The molecule has 7 rings (SSSR count). The smallest absolute Gasteiger partial charge is 0.328 e. The van der Waals surface area contributed by atoms with Gasteiger partial charge >= 0.3 is 11.7 Å². The van der Waals surface area contributed by atoms with Crippen molar-refractivity contribution in [1.29, 1.82) is 0 Å². The third-order valence-corrected chi connectivity index (χ3v) is 9.60. The molecule has 4 aliphatic rings. The summed E-state index contributed by atoms with van der Waals surface area (Å²) in [7, 11) is 3.30. The first kappa shape index (κ1) is 29.8. The summed E-state index contributed by atoms with van der Waals surface area (Å²) in [5.74, 6) is 1.33. The number of imide groups is 1. The predicted molar refractivity (Wildman–Crippen MR) is 172 cm³/mol. The van der Waals surface area contributed by atoms with Crippen molar-refractivity contribution in [3.8, 4) is 22.6 Å². The zero-order valence-electron chi connectivity index (χ0n) is 26.1. The number of hydrogen-bond donors (Lipinski definition) is 1. The van der Waals surface area contributed by atoms with Crippen molar-refractivity contribution in [2.45, 2.75) is 25.3 Å². The molecule has 3 fully saturated rings. The van der Waals surface area contributed by atoms with Gasteiger partial charge in [0.2, 0.25) is 5.91 Å². The van der Waals surface area contributed by atoms with Crippen LogP contribution in [0.25, 0.3) is 11.1 Å². The largest absolute Gasteiger partial charge is 0.490 e. The number of aryl methyl sites for hydroxylation is 1. The minimum atomic E-state index is -0.401. The van der Waals surface area contributed by atoms with Gasteiger partial charge in [0, 0.05) is 106 Å². The van der Waals surface area contributed by atoms with Gasteiger partial charge < -0.3 is 19.3 Å². The van der Waals surface area contributed by atoms with Crippen LogP contribution in [0.3, 0.4) is 0 Å². The number of carbonyl (C=O) groups excluding carboxylic acids is 2. The summed E-state index contributed by atoms with van der Waals surface area (Å²) in [6.07, 6.45) is 5.95. The number of urea groups is 1. The maximum atomic E-state index is 12.3. The number of rotatable bonds is 7. The molecule has 0 bridgehead atoms. The molecular weight excluding hydrogens is 592 g/mol. The summed E-state index contributed by atoms with van der Waals surface area (Å²) in [4.78, 5) is 44.1. The van der Waals surface area contributed by atoms with Gasteiger partial charge in [-0.3, -0.25) is 34.7 Å². The van der Waals surface area contributed by atoms with E-state index in [0.717, 1.165) is 86.0 Å². The van der Waals surface area contributed by atoms with Crippen molar-refractivity contribution < 1.29 is 24.0 Å². The molecule has 0 spiro atoms. The average Bonchev–Trinajstić information content (AvgIpc) is 3.50. The van der Waals surface area contributed by atoms with Crippen LogP contribution in [0.15, 0.2) is 42.7 Å². The molecule has 14 nitrogen and oxygen atoms in total.